The molecule has 1 fully saturated rings. The van der Waals surface area contributed by atoms with Gasteiger partial charge in [-0.05, 0) is 0 Å². The third-order valence-electron chi connectivity index (χ3n) is 2.07. The van der Waals surface area contributed by atoms with Crippen LogP contribution in [0, 0.1) is 11.3 Å². The monoisotopic (exact) mass is 199 g/mol. The van der Waals surface area contributed by atoms with Crippen molar-refractivity contribution >= 4 is 5.91 Å². The van der Waals surface area contributed by atoms with Crippen LogP contribution in [0.2, 0.25) is 0 Å². The van der Waals surface area contributed by atoms with E-state index in [0.717, 1.165) is 0 Å². The van der Waals surface area contributed by atoms with E-state index >= 15 is 0 Å². The van der Waals surface area contributed by atoms with Crippen LogP contribution in [0.4, 0.5) is 0 Å². The third-order valence-corrected chi connectivity index (χ3v) is 2.07. The number of aliphatic hydroxyl groups is 2. The van der Waals surface area contributed by atoms with Crippen molar-refractivity contribution in [2.24, 2.45) is 0 Å². The number of hydrogen-bond donors (Lipinski definition) is 3. The molecule has 0 aromatic rings. The maximum absolute atomic E-state index is 11.1. The fourth-order valence-corrected chi connectivity index (χ4v) is 1.37. The normalized spacial score (nSPS) is 27.2. The zero-order chi connectivity index (χ0) is 10.6. The van der Waals surface area contributed by atoms with E-state index in [4.69, 9.17) is 5.26 Å². The molecule has 0 aromatic heterocycles. The van der Waals surface area contributed by atoms with Gasteiger partial charge in [-0.25, -0.2) is 0 Å². The van der Waals surface area contributed by atoms with Crippen LogP contribution in [0.1, 0.15) is 0 Å². The Morgan fingerprint density at radius 1 is 1.50 bits per heavy atom. The Morgan fingerprint density at radius 2 is 2.07 bits per heavy atom. The van der Waals surface area contributed by atoms with Gasteiger partial charge in [0.1, 0.15) is 6.54 Å². The number of carbonyl (C=O) groups is 1. The van der Waals surface area contributed by atoms with Crippen molar-refractivity contribution in [1.82, 2.24) is 10.2 Å². The smallest absolute Gasteiger partial charge is 0.235 e. The summed E-state index contributed by atoms with van der Waals surface area (Å²) in [5.74, 6) is -0.271. The Bertz CT molecular complexity index is 241. The van der Waals surface area contributed by atoms with Gasteiger partial charge in [0, 0.05) is 13.1 Å². The second-order valence-corrected chi connectivity index (χ2v) is 3.26. The number of hydrogen-bond acceptors (Lipinski definition) is 5. The number of likely N-dealkylation sites (tertiary alicyclic amines) is 1. The lowest BCUT2D eigenvalue weighted by atomic mass is 10.3. The number of nitriles is 1. The topological polar surface area (TPSA) is 96.6 Å². The fraction of sp³-hybridized carbons (Fsp3) is 0.750. The van der Waals surface area contributed by atoms with Gasteiger partial charge in [0.15, 0.2) is 0 Å². The minimum atomic E-state index is -0.779. The molecule has 0 bridgehead atoms. The lowest BCUT2D eigenvalue weighted by molar-refractivity contribution is -0.121. The quantitative estimate of drug-likeness (QED) is 0.443. The van der Waals surface area contributed by atoms with E-state index in [2.05, 4.69) is 5.32 Å². The van der Waals surface area contributed by atoms with E-state index in [-0.39, 0.29) is 19.0 Å². The molecule has 78 valence electrons. The predicted molar refractivity (Wildman–Crippen MR) is 47.1 cm³/mol. The minimum absolute atomic E-state index is 0.0161. The molecule has 1 aliphatic rings. The average molecular weight is 199 g/mol. The van der Waals surface area contributed by atoms with Crippen molar-refractivity contribution in [2.75, 3.05) is 26.2 Å². The van der Waals surface area contributed by atoms with Crippen molar-refractivity contribution in [3.63, 3.8) is 0 Å². The van der Waals surface area contributed by atoms with Gasteiger partial charge in [-0.1, -0.05) is 0 Å². The second-order valence-electron chi connectivity index (χ2n) is 3.26. The van der Waals surface area contributed by atoms with Crippen LogP contribution in [0.15, 0.2) is 0 Å². The second kappa shape index (κ2) is 4.91. The average Bonchev–Trinajstić information content (AvgIpc) is 2.42. The summed E-state index contributed by atoms with van der Waals surface area (Å²) in [5.41, 5.74) is 0. The fourth-order valence-electron chi connectivity index (χ4n) is 1.37. The summed E-state index contributed by atoms with van der Waals surface area (Å²) in [6.45, 7) is 0.676. The van der Waals surface area contributed by atoms with Gasteiger partial charge in [0.25, 0.3) is 0 Å². The van der Waals surface area contributed by atoms with Gasteiger partial charge >= 0.3 is 0 Å². The van der Waals surface area contributed by atoms with Crippen LogP contribution in [-0.4, -0.2) is 59.4 Å². The van der Waals surface area contributed by atoms with E-state index in [0.29, 0.717) is 13.1 Å². The summed E-state index contributed by atoms with van der Waals surface area (Å²) in [5, 5.41) is 28.9. The summed E-state index contributed by atoms with van der Waals surface area (Å²) in [7, 11) is 0. The van der Waals surface area contributed by atoms with Gasteiger partial charge in [-0.15, -0.1) is 0 Å². The number of carbonyl (C=O) groups excluding carboxylic acids is 1. The molecule has 3 N–H and O–H groups in total. The molecule has 1 amide bonds. The highest BCUT2D eigenvalue weighted by Crippen LogP contribution is 2.08. The number of rotatable bonds is 3. The first-order valence-corrected chi connectivity index (χ1v) is 4.35. The van der Waals surface area contributed by atoms with Gasteiger partial charge in [-0.3, -0.25) is 9.69 Å². The standard InChI is InChI=1S/C8H13N3O3/c9-1-2-10-8(14)5-11-3-6(12)7(13)4-11/h6-7,12-13H,2-5H2,(H,10,14)/t6-,7+. The van der Waals surface area contributed by atoms with Crippen molar-refractivity contribution in [2.45, 2.75) is 12.2 Å². The maximum Gasteiger partial charge on any atom is 0.235 e. The molecule has 0 spiro atoms. The summed E-state index contributed by atoms with van der Waals surface area (Å²) in [6, 6.07) is 1.79. The molecule has 1 aliphatic heterocycles. The molecular formula is C8H13N3O3. The predicted octanol–water partition coefficient (Wildman–Crippen LogP) is -2.34. The minimum Gasteiger partial charge on any atom is -0.389 e. The molecule has 0 aliphatic carbocycles. The number of amides is 1. The summed E-state index contributed by atoms with van der Waals surface area (Å²) in [4.78, 5) is 12.7. The highest BCUT2D eigenvalue weighted by Gasteiger charge is 2.30. The van der Waals surface area contributed by atoms with E-state index in [1.807, 2.05) is 0 Å². The number of nitrogens with zero attached hydrogens (tertiary/aromatic N) is 2. The van der Waals surface area contributed by atoms with E-state index < -0.39 is 12.2 Å². The van der Waals surface area contributed by atoms with Crippen LogP contribution in [0.3, 0.4) is 0 Å². The third kappa shape index (κ3) is 2.96. The molecule has 0 radical (unpaired) electrons. The van der Waals surface area contributed by atoms with E-state index in [9.17, 15) is 15.0 Å². The molecule has 0 aromatic carbocycles. The molecule has 1 heterocycles. The Balaban J connectivity index is 2.26. The Morgan fingerprint density at radius 3 is 2.57 bits per heavy atom. The first-order chi connectivity index (χ1) is 6.63. The summed E-state index contributed by atoms with van der Waals surface area (Å²) >= 11 is 0. The molecule has 6 nitrogen and oxygen atoms in total. The van der Waals surface area contributed by atoms with E-state index in [1.165, 1.54) is 0 Å². The van der Waals surface area contributed by atoms with Gasteiger partial charge in [0.2, 0.25) is 5.91 Å². The number of aliphatic hydroxyl groups excluding tert-OH is 2. The van der Waals surface area contributed by atoms with Crippen molar-refractivity contribution in [3.8, 4) is 6.07 Å². The molecule has 14 heavy (non-hydrogen) atoms. The van der Waals surface area contributed by atoms with Gasteiger partial charge in [0.05, 0.1) is 24.8 Å². The van der Waals surface area contributed by atoms with Crippen LogP contribution >= 0.6 is 0 Å². The highest BCUT2D eigenvalue weighted by molar-refractivity contribution is 5.78. The Kier molecular flexibility index (Phi) is 3.83. The first kappa shape index (κ1) is 10.9. The van der Waals surface area contributed by atoms with E-state index in [1.54, 1.807) is 11.0 Å². The zero-order valence-corrected chi connectivity index (χ0v) is 7.68. The highest BCUT2D eigenvalue weighted by atomic mass is 16.3. The van der Waals surface area contributed by atoms with Crippen molar-refractivity contribution in [1.29, 1.82) is 5.26 Å². The molecule has 0 unspecified atom stereocenters. The molecular weight excluding hydrogens is 186 g/mol. The SMILES string of the molecule is N#CCNC(=O)CN1C[C@@H](O)[C@@H](O)C1. The number of β-amino-alcohol motifs (C(OH)–C–C–N with tert-alkyl or cyclic N) is 2. The van der Waals surface area contributed by atoms with Gasteiger partial charge < -0.3 is 15.5 Å². The molecule has 2 atom stereocenters. The first-order valence-electron chi connectivity index (χ1n) is 4.35. The van der Waals surface area contributed by atoms with Gasteiger partial charge in [-0.2, -0.15) is 5.26 Å². The van der Waals surface area contributed by atoms with Crippen LogP contribution in [0.5, 0.6) is 0 Å². The largest absolute Gasteiger partial charge is 0.389 e. The molecule has 0 saturated carbocycles. The van der Waals surface area contributed by atoms with Crippen molar-refractivity contribution < 1.29 is 15.0 Å². The number of nitrogens with one attached hydrogen (secondary N) is 1. The summed E-state index contributed by atoms with van der Waals surface area (Å²) in [6.07, 6.45) is -1.56. The molecule has 1 rings (SSSR count). The Hall–Kier alpha value is -1.16. The maximum atomic E-state index is 11.1. The lowest BCUT2D eigenvalue weighted by Crippen LogP contribution is -2.36. The summed E-state index contributed by atoms with van der Waals surface area (Å²) < 4.78 is 0. The lowest BCUT2D eigenvalue weighted by Gasteiger charge is -2.12. The molecule has 6 heteroatoms. The van der Waals surface area contributed by atoms with Crippen LogP contribution in [-0.2, 0) is 4.79 Å². The molecule has 1 saturated heterocycles. The zero-order valence-electron chi connectivity index (χ0n) is 7.68. The van der Waals surface area contributed by atoms with Crippen molar-refractivity contribution in [3.05, 3.63) is 0 Å². The van der Waals surface area contributed by atoms with Crippen LogP contribution < -0.4 is 5.32 Å². The van der Waals surface area contributed by atoms with Crippen LogP contribution in [0.25, 0.3) is 0 Å². The Labute approximate surface area is 81.7 Å².